The first-order valence-corrected chi connectivity index (χ1v) is 8.90. The maximum atomic E-state index is 2.61. The van der Waals surface area contributed by atoms with Crippen LogP contribution in [0.15, 0.2) is 0 Å². The molecule has 0 saturated carbocycles. The molecule has 0 fully saturated rings. The lowest BCUT2D eigenvalue weighted by atomic mass is 10.2. The van der Waals surface area contributed by atoms with E-state index in [1.54, 1.807) is 0 Å². The maximum Gasteiger partial charge on any atom is 0.0186 e. The van der Waals surface area contributed by atoms with Crippen LogP contribution in [0.3, 0.4) is 0 Å². The minimum Gasteiger partial charge on any atom is -0.232 e. The summed E-state index contributed by atoms with van der Waals surface area (Å²) in [7, 11) is 0. The van der Waals surface area contributed by atoms with Crippen molar-refractivity contribution >= 4 is 12.1 Å². The van der Waals surface area contributed by atoms with Gasteiger partial charge in [-0.25, -0.2) is 8.61 Å². The molecule has 0 amide bonds. The molecule has 0 bridgehead atoms. The van der Waals surface area contributed by atoms with Gasteiger partial charge in [0.2, 0.25) is 0 Å². The van der Waals surface area contributed by atoms with Gasteiger partial charge in [0.1, 0.15) is 0 Å². The van der Waals surface area contributed by atoms with E-state index in [1.165, 1.54) is 25.7 Å². The average Bonchev–Trinajstić information content (AvgIpc) is 2.45. The maximum absolute atomic E-state index is 2.61. The first-order chi connectivity index (χ1) is 8.92. The van der Waals surface area contributed by atoms with Gasteiger partial charge in [-0.1, -0.05) is 27.7 Å². The molecule has 0 aromatic heterocycles. The molecular formula is C16H36N2S. The molecule has 0 aliphatic rings. The smallest absolute Gasteiger partial charge is 0.0186 e. The Morgan fingerprint density at radius 1 is 0.579 bits per heavy atom. The van der Waals surface area contributed by atoms with Crippen molar-refractivity contribution in [3.63, 3.8) is 0 Å². The third-order valence-corrected chi connectivity index (χ3v) is 6.11. The van der Waals surface area contributed by atoms with Crippen LogP contribution in [0, 0.1) is 0 Å². The van der Waals surface area contributed by atoms with E-state index in [0.717, 1.165) is 0 Å². The fourth-order valence-electron chi connectivity index (χ4n) is 2.02. The van der Waals surface area contributed by atoms with Crippen molar-refractivity contribution in [1.82, 2.24) is 8.61 Å². The van der Waals surface area contributed by atoms with Gasteiger partial charge in [-0.3, -0.25) is 0 Å². The van der Waals surface area contributed by atoms with Crippen LogP contribution in [0.25, 0.3) is 0 Å². The fourth-order valence-corrected chi connectivity index (χ4v) is 3.48. The topological polar surface area (TPSA) is 6.48 Å². The van der Waals surface area contributed by atoms with E-state index in [2.05, 4.69) is 64.0 Å². The van der Waals surface area contributed by atoms with Gasteiger partial charge in [0.15, 0.2) is 0 Å². The summed E-state index contributed by atoms with van der Waals surface area (Å²) in [4.78, 5) is 0. The van der Waals surface area contributed by atoms with Gasteiger partial charge in [0.05, 0.1) is 0 Å². The summed E-state index contributed by atoms with van der Waals surface area (Å²) in [5, 5.41) is 0. The lowest BCUT2D eigenvalue weighted by Crippen LogP contribution is -2.42. The molecule has 19 heavy (non-hydrogen) atoms. The SMILES string of the molecule is CCC(C)N(SN(C(C)CC)C(C)CC)C(C)CC. The largest absolute Gasteiger partial charge is 0.232 e. The summed E-state index contributed by atoms with van der Waals surface area (Å²) >= 11 is 1.99. The van der Waals surface area contributed by atoms with E-state index in [0.29, 0.717) is 24.2 Å². The third-order valence-electron chi connectivity index (χ3n) is 4.29. The molecule has 4 atom stereocenters. The van der Waals surface area contributed by atoms with E-state index >= 15 is 0 Å². The molecule has 0 rings (SSSR count). The Morgan fingerprint density at radius 3 is 0.947 bits per heavy atom. The molecule has 0 aliphatic carbocycles. The minimum absolute atomic E-state index is 0.635. The van der Waals surface area contributed by atoms with Crippen LogP contribution >= 0.6 is 12.1 Å². The van der Waals surface area contributed by atoms with Crippen molar-refractivity contribution < 1.29 is 0 Å². The minimum atomic E-state index is 0.635. The molecule has 2 nitrogen and oxygen atoms in total. The van der Waals surface area contributed by atoms with Crippen LogP contribution in [0.5, 0.6) is 0 Å². The zero-order chi connectivity index (χ0) is 15.0. The van der Waals surface area contributed by atoms with Crippen molar-refractivity contribution in [2.75, 3.05) is 0 Å². The molecule has 0 aromatic carbocycles. The molecular weight excluding hydrogens is 252 g/mol. The van der Waals surface area contributed by atoms with Crippen LogP contribution in [0.2, 0.25) is 0 Å². The van der Waals surface area contributed by atoms with Gasteiger partial charge < -0.3 is 0 Å². The van der Waals surface area contributed by atoms with Crippen LogP contribution < -0.4 is 0 Å². The first-order valence-electron chi connectivity index (χ1n) is 8.17. The molecule has 0 spiro atoms. The monoisotopic (exact) mass is 288 g/mol. The van der Waals surface area contributed by atoms with Crippen molar-refractivity contribution in [3.8, 4) is 0 Å². The van der Waals surface area contributed by atoms with E-state index < -0.39 is 0 Å². The highest BCUT2D eigenvalue weighted by Crippen LogP contribution is 2.30. The lowest BCUT2D eigenvalue weighted by Gasteiger charge is -2.40. The van der Waals surface area contributed by atoms with Crippen LogP contribution in [-0.4, -0.2) is 32.8 Å². The predicted molar refractivity (Wildman–Crippen MR) is 90.3 cm³/mol. The van der Waals surface area contributed by atoms with E-state index in [1.807, 2.05) is 12.1 Å². The summed E-state index contributed by atoms with van der Waals surface area (Å²) < 4.78 is 5.22. The summed E-state index contributed by atoms with van der Waals surface area (Å²) in [6, 6.07) is 2.54. The lowest BCUT2D eigenvalue weighted by molar-refractivity contribution is 0.239. The van der Waals surface area contributed by atoms with Crippen LogP contribution in [0.1, 0.15) is 81.1 Å². The molecule has 0 heterocycles. The number of rotatable bonds is 10. The van der Waals surface area contributed by atoms with Crippen LogP contribution in [0.4, 0.5) is 0 Å². The number of nitrogens with zero attached hydrogens (tertiary/aromatic N) is 2. The Bertz CT molecular complexity index is 181. The third kappa shape index (κ3) is 6.05. The normalized spacial score (nSPS) is 18.6. The van der Waals surface area contributed by atoms with Crippen molar-refractivity contribution in [3.05, 3.63) is 0 Å². The summed E-state index contributed by atoms with van der Waals surface area (Å²) in [5.41, 5.74) is 0. The molecule has 0 aromatic rings. The van der Waals surface area contributed by atoms with Crippen LogP contribution in [-0.2, 0) is 0 Å². The van der Waals surface area contributed by atoms with Crippen molar-refractivity contribution in [2.24, 2.45) is 0 Å². The van der Waals surface area contributed by atoms with E-state index in [-0.39, 0.29) is 0 Å². The highest BCUT2D eigenvalue weighted by molar-refractivity contribution is 7.94. The summed E-state index contributed by atoms with van der Waals surface area (Å²) in [5.74, 6) is 0. The molecule has 0 aliphatic heterocycles. The highest BCUT2D eigenvalue weighted by Gasteiger charge is 2.26. The second-order valence-corrected chi connectivity index (χ2v) is 6.84. The molecule has 0 N–H and O–H groups in total. The molecule has 3 heteroatoms. The van der Waals surface area contributed by atoms with Crippen molar-refractivity contribution in [1.29, 1.82) is 0 Å². The van der Waals surface area contributed by atoms with Crippen molar-refractivity contribution in [2.45, 2.75) is 105 Å². The number of hydrogen-bond acceptors (Lipinski definition) is 3. The molecule has 116 valence electrons. The molecule has 0 radical (unpaired) electrons. The quantitative estimate of drug-likeness (QED) is 0.500. The zero-order valence-corrected chi connectivity index (χ0v) is 15.3. The van der Waals surface area contributed by atoms with E-state index in [4.69, 9.17) is 0 Å². The second-order valence-electron chi connectivity index (χ2n) is 5.83. The Balaban J connectivity index is 4.91. The number of hydrogen-bond donors (Lipinski definition) is 0. The molecule has 0 saturated heterocycles. The fraction of sp³-hybridized carbons (Fsp3) is 1.00. The van der Waals surface area contributed by atoms with Gasteiger partial charge in [-0.2, -0.15) is 0 Å². The Labute approximate surface area is 126 Å². The zero-order valence-electron chi connectivity index (χ0n) is 14.4. The van der Waals surface area contributed by atoms with Gasteiger partial charge in [0, 0.05) is 36.3 Å². The van der Waals surface area contributed by atoms with Gasteiger partial charge >= 0.3 is 0 Å². The Hall–Kier alpha value is 0.270. The second kappa shape index (κ2) is 10.1. The predicted octanol–water partition coefficient (Wildman–Crippen LogP) is 5.35. The van der Waals surface area contributed by atoms with Gasteiger partial charge in [0.25, 0.3) is 0 Å². The highest BCUT2D eigenvalue weighted by atomic mass is 32.2. The Morgan fingerprint density at radius 2 is 0.789 bits per heavy atom. The Kier molecular flexibility index (Phi) is 10.2. The summed E-state index contributed by atoms with van der Waals surface area (Å²) in [6.45, 7) is 18.6. The first kappa shape index (κ1) is 19.3. The van der Waals surface area contributed by atoms with E-state index in [9.17, 15) is 0 Å². The standard InChI is InChI=1S/C16H36N2S/c1-9-13(5)17(14(6)10-2)19-18(15(7)11-3)16(8)12-4/h13-16H,9-12H2,1-8H3. The summed E-state index contributed by atoms with van der Waals surface area (Å²) in [6.07, 6.45) is 4.86. The average molecular weight is 289 g/mol. The van der Waals surface area contributed by atoms with Gasteiger partial charge in [-0.15, -0.1) is 0 Å². The molecule has 4 unspecified atom stereocenters. The van der Waals surface area contributed by atoms with Gasteiger partial charge in [-0.05, 0) is 53.4 Å².